The summed E-state index contributed by atoms with van der Waals surface area (Å²) in [7, 11) is 0. The largest absolute Gasteiger partial charge is 0.466 e. The molecule has 1 heterocycles. The van der Waals surface area contributed by atoms with Crippen molar-refractivity contribution in [3.05, 3.63) is 65.2 Å². The Morgan fingerprint density at radius 1 is 1.07 bits per heavy atom. The highest BCUT2D eigenvalue weighted by Crippen LogP contribution is 2.21. The molecule has 1 aliphatic rings. The van der Waals surface area contributed by atoms with Crippen molar-refractivity contribution in [2.45, 2.75) is 39.7 Å². The molecule has 154 valence electrons. The molecule has 1 saturated heterocycles. The monoisotopic (exact) mass is 394 g/mol. The van der Waals surface area contributed by atoms with Gasteiger partial charge >= 0.3 is 5.97 Å². The van der Waals surface area contributed by atoms with Crippen LogP contribution in [0, 0.1) is 5.92 Å². The molecule has 0 bridgehead atoms. The van der Waals surface area contributed by atoms with Gasteiger partial charge in [0.25, 0.3) is 5.91 Å². The van der Waals surface area contributed by atoms with Crippen LogP contribution in [0.5, 0.6) is 0 Å². The third-order valence-corrected chi connectivity index (χ3v) is 5.46. The fourth-order valence-corrected chi connectivity index (χ4v) is 3.77. The van der Waals surface area contributed by atoms with Crippen LogP contribution in [0.1, 0.15) is 48.2 Å². The number of hydrogen-bond acceptors (Lipinski definition) is 4. The lowest BCUT2D eigenvalue weighted by molar-refractivity contribution is -0.149. The molecular formula is C24H30N2O3. The van der Waals surface area contributed by atoms with E-state index in [-0.39, 0.29) is 17.8 Å². The van der Waals surface area contributed by atoms with E-state index < -0.39 is 0 Å². The van der Waals surface area contributed by atoms with Gasteiger partial charge in [0.05, 0.1) is 12.5 Å². The number of para-hydroxylation sites is 1. The Bertz CT molecular complexity index is 842. The predicted octanol–water partition coefficient (Wildman–Crippen LogP) is 4.28. The van der Waals surface area contributed by atoms with Crippen molar-refractivity contribution in [1.29, 1.82) is 0 Å². The van der Waals surface area contributed by atoms with Crippen LogP contribution in [-0.4, -0.2) is 36.5 Å². The van der Waals surface area contributed by atoms with Crippen LogP contribution in [0.2, 0.25) is 0 Å². The van der Waals surface area contributed by atoms with E-state index in [1.54, 1.807) is 0 Å². The Labute approximate surface area is 173 Å². The fourth-order valence-electron chi connectivity index (χ4n) is 3.77. The summed E-state index contributed by atoms with van der Waals surface area (Å²) in [5.41, 5.74) is 4.18. The minimum absolute atomic E-state index is 0.0307. The molecule has 0 aliphatic carbocycles. The number of nitrogens with one attached hydrogen (secondary N) is 1. The summed E-state index contributed by atoms with van der Waals surface area (Å²) in [6.07, 6.45) is 2.31. The van der Waals surface area contributed by atoms with Crippen LogP contribution in [0.25, 0.3) is 0 Å². The van der Waals surface area contributed by atoms with Gasteiger partial charge in [0, 0.05) is 30.9 Å². The van der Waals surface area contributed by atoms with E-state index in [0.717, 1.165) is 17.7 Å². The summed E-state index contributed by atoms with van der Waals surface area (Å²) >= 11 is 0. The maximum absolute atomic E-state index is 12.9. The van der Waals surface area contributed by atoms with Gasteiger partial charge < -0.3 is 15.0 Å². The van der Waals surface area contributed by atoms with Gasteiger partial charge in [-0.1, -0.05) is 37.3 Å². The van der Waals surface area contributed by atoms with Gasteiger partial charge in [-0.2, -0.15) is 0 Å². The molecule has 1 amide bonds. The van der Waals surface area contributed by atoms with Crippen LogP contribution in [0.3, 0.4) is 0 Å². The molecule has 5 nitrogen and oxygen atoms in total. The van der Waals surface area contributed by atoms with Crippen molar-refractivity contribution in [3.8, 4) is 0 Å². The molecule has 1 N–H and O–H groups in total. The molecule has 0 radical (unpaired) electrons. The van der Waals surface area contributed by atoms with Crippen LogP contribution in [0.4, 0.5) is 5.69 Å². The average Bonchev–Trinajstić information content (AvgIpc) is 2.78. The van der Waals surface area contributed by atoms with Gasteiger partial charge in [0.2, 0.25) is 0 Å². The first-order chi connectivity index (χ1) is 14.1. The van der Waals surface area contributed by atoms with E-state index in [1.165, 1.54) is 5.56 Å². The smallest absolute Gasteiger partial charge is 0.309 e. The van der Waals surface area contributed by atoms with Crippen molar-refractivity contribution in [2.75, 3.05) is 25.0 Å². The highest BCUT2D eigenvalue weighted by molar-refractivity contribution is 5.94. The number of rotatable bonds is 7. The van der Waals surface area contributed by atoms with Gasteiger partial charge in [-0.3, -0.25) is 9.59 Å². The number of aryl methyl sites for hydroxylation is 1. The number of hydrogen-bond donors (Lipinski definition) is 1. The molecule has 0 aromatic heterocycles. The van der Waals surface area contributed by atoms with E-state index >= 15 is 0 Å². The number of anilines is 1. The van der Waals surface area contributed by atoms with E-state index in [2.05, 4.69) is 30.4 Å². The number of esters is 1. The normalized spacial score (nSPS) is 14.5. The van der Waals surface area contributed by atoms with Crippen LogP contribution < -0.4 is 5.32 Å². The summed E-state index contributed by atoms with van der Waals surface area (Å²) in [6, 6.07) is 16.1. The van der Waals surface area contributed by atoms with Gasteiger partial charge in [0.1, 0.15) is 0 Å². The number of amides is 1. The summed E-state index contributed by atoms with van der Waals surface area (Å²) in [6.45, 7) is 6.22. The van der Waals surface area contributed by atoms with Crippen molar-refractivity contribution in [2.24, 2.45) is 5.92 Å². The number of nitrogens with zero attached hydrogens (tertiary/aromatic N) is 1. The molecule has 2 aromatic rings. The zero-order valence-electron chi connectivity index (χ0n) is 17.3. The first kappa shape index (κ1) is 20.9. The number of piperidine rings is 1. The quantitative estimate of drug-likeness (QED) is 0.712. The molecule has 0 atom stereocenters. The number of ether oxygens (including phenoxy) is 1. The lowest BCUT2D eigenvalue weighted by atomic mass is 9.96. The minimum Gasteiger partial charge on any atom is -0.466 e. The number of carbonyl (C=O) groups excluding carboxylic acids is 2. The highest BCUT2D eigenvalue weighted by atomic mass is 16.5. The standard InChI is InChI=1S/C24H30N2O3/c1-3-19-9-5-6-11-22(19)25-17-18-8-7-10-21(16-18)23(27)26-14-12-20(13-15-26)24(28)29-4-2/h5-11,16,20,25H,3-4,12-15,17H2,1-2H3. The molecule has 0 saturated carbocycles. The van der Waals surface area contributed by atoms with Crippen molar-refractivity contribution >= 4 is 17.6 Å². The maximum atomic E-state index is 12.9. The molecule has 29 heavy (non-hydrogen) atoms. The van der Waals surface area contributed by atoms with Crippen LogP contribution in [0.15, 0.2) is 48.5 Å². The second-order valence-electron chi connectivity index (χ2n) is 7.38. The second kappa shape index (κ2) is 10.1. The van der Waals surface area contributed by atoms with Crippen LogP contribution in [-0.2, 0) is 22.5 Å². The van der Waals surface area contributed by atoms with Crippen molar-refractivity contribution in [3.63, 3.8) is 0 Å². The van der Waals surface area contributed by atoms with Gasteiger partial charge in [-0.05, 0) is 55.5 Å². The Morgan fingerprint density at radius 2 is 1.83 bits per heavy atom. The number of carbonyl (C=O) groups is 2. The molecule has 3 rings (SSSR count). The highest BCUT2D eigenvalue weighted by Gasteiger charge is 2.28. The minimum atomic E-state index is -0.139. The molecule has 1 aliphatic heterocycles. The second-order valence-corrected chi connectivity index (χ2v) is 7.38. The molecular weight excluding hydrogens is 364 g/mol. The maximum Gasteiger partial charge on any atom is 0.309 e. The Morgan fingerprint density at radius 3 is 2.55 bits per heavy atom. The molecule has 0 spiro atoms. The lowest BCUT2D eigenvalue weighted by Crippen LogP contribution is -2.40. The molecule has 0 unspecified atom stereocenters. The van der Waals surface area contributed by atoms with E-state index in [1.807, 2.05) is 42.2 Å². The van der Waals surface area contributed by atoms with E-state index in [0.29, 0.717) is 44.6 Å². The Kier molecular flexibility index (Phi) is 7.28. The third kappa shape index (κ3) is 5.37. The molecule has 5 heteroatoms. The first-order valence-electron chi connectivity index (χ1n) is 10.5. The molecule has 2 aromatic carbocycles. The average molecular weight is 395 g/mol. The SMILES string of the molecule is CCOC(=O)C1CCN(C(=O)c2cccc(CNc3ccccc3CC)c2)CC1. The summed E-state index contributed by atoms with van der Waals surface area (Å²) in [5, 5.41) is 3.48. The molecule has 1 fully saturated rings. The first-order valence-corrected chi connectivity index (χ1v) is 10.5. The zero-order chi connectivity index (χ0) is 20.6. The van der Waals surface area contributed by atoms with E-state index in [4.69, 9.17) is 4.74 Å². The zero-order valence-corrected chi connectivity index (χ0v) is 17.3. The summed E-state index contributed by atoms with van der Waals surface area (Å²) in [5.74, 6) is -0.198. The topological polar surface area (TPSA) is 58.6 Å². The number of likely N-dealkylation sites (tertiary alicyclic amines) is 1. The van der Waals surface area contributed by atoms with E-state index in [9.17, 15) is 9.59 Å². The predicted molar refractivity (Wildman–Crippen MR) is 115 cm³/mol. The summed E-state index contributed by atoms with van der Waals surface area (Å²) in [4.78, 5) is 26.7. The third-order valence-electron chi connectivity index (χ3n) is 5.46. The van der Waals surface area contributed by atoms with Crippen molar-refractivity contribution in [1.82, 2.24) is 4.90 Å². The van der Waals surface area contributed by atoms with Gasteiger partial charge in [0.15, 0.2) is 0 Å². The summed E-state index contributed by atoms with van der Waals surface area (Å²) < 4.78 is 5.11. The van der Waals surface area contributed by atoms with Gasteiger partial charge in [-0.25, -0.2) is 0 Å². The van der Waals surface area contributed by atoms with Crippen molar-refractivity contribution < 1.29 is 14.3 Å². The number of benzene rings is 2. The fraction of sp³-hybridized carbons (Fsp3) is 0.417. The Balaban J connectivity index is 1.59. The van der Waals surface area contributed by atoms with Gasteiger partial charge in [-0.15, -0.1) is 0 Å². The lowest BCUT2D eigenvalue weighted by Gasteiger charge is -2.31. The Hall–Kier alpha value is -2.82. The van der Waals surface area contributed by atoms with Crippen LogP contribution >= 0.6 is 0 Å².